The molecule has 0 aliphatic heterocycles. The molecule has 0 fully saturated rings. The van der Waals surface area contributed by atoms with E-state index in [0.717, 1.165) is 46.3 Å². The van der Waals surface area contributed by atoms with Crippen LogP contribution in [0.2, 0.25) is 0 Å². The lowest BCUT2D eigenvalue weighted by Crippen LogP contribution is -2.24. The Morgan fingerprint density at radius 2 is 1.75 bits per heavy atom. The number of halogens is 1. The fourth-order valence-electron chi connectivity index (χ4n) is 3.99. The summed E-state index contributed by atoms with van der Waals surface area (Å²) in [5, 5.41) is 2.99. The summed E-state index contributed by atoms with van der Waals surface area (Å²) in [6.07, 6.45) is 5.95. The second kappa shape index (κ2) is 14.7. The van der Waals surface area contributed by atoms with Gasteiger partial charge in [0.05, 0.1) is 26.2 Å². The maximum absolute atomic E-state index is 14.1. The number of carbonyl (C=O) groups is 1. The van der Waals surface area contributed by atoms with Gasteiger partial charge in [-0.1, -0.05) is 18.2 Å². The molecule has 1 aliphatic carbocycles. The fourth-order valence-corrected chi connectivity index (χ4v) is 5.32. The SMILES string of the molecule is CCOP(OCC)OCCCCNC(=O)CC1=C(C)/C(=C/c2ccc(SC)cc2)c2ccc(F)cc21. The summed E-state index contributed by atoms with van der Waals surface area (Å²) in [5.41, 5.74) is 5.74. The first-order valence-electron chi connectivity index (χ1n) is 12.3. The minimum absolute atomic E-state index is 0.0723. The molecule has 0 radical (unpaired) electrons. The van der Waals surface area contributed by atoms with Gasteiger partial charge < -0.3 is 18.9 Å². The Kier molecular flexibility index (Phi) is 11.6. The zero-order valence-corrected chi connectivity index (χ0v) is 23.1. The third kappa shape index (κ3) is 7.99. The van der Waals surface area contributed by atoms with Crippen molar-refractivity contribution in [2.24, 2.45) is 0 Å². The minimum Gasteiger partial charge on any atom is -0.356 e. The van der Waals surface area contributed by atoms with Crippen molar-refractivity contribution in [1.82, 2.24) is 5.32 Å². The number of amides is 1. The molecule has 1 N–H and O–H groups in total. The van der Waals surface area contributed by atoms with Gasteiger partial charge in [0.1, 0.15) is 5.82 Å². The van der Waals surface area contributed by atoms with Crippen LogP contribution in [-0.2, 0) is 18.4 Å². The molecule has 0 spiro atoms. The van der Waals surface area contributed by atoms with Crippen LogP contribution in [0.25, 0.3) is 17.2 Å². The first kappa shape index (κ1) is 28.5. The van der Waals surface area contributed by atoms with E-state index >= 15 is 0 Å². The number of hydrogen-bond acceptors (Lipinski definition) is 5. The molecule has 0 unspecified atom stereocenters. The summed E-state index contributed by atoms with van der Waals surface area (Å²) in [4.78, 5) is 14.0. The van der Waals surface area contributed by atoms with E-state index < -0.39 is 8.60 Å². The van der Waals surface area contributed by atoms with Gasteiger partial charge in [-0.3, -0.25) is 4.79 Å². The van der Waals surface area contributed by atoms with Crippen LogP contribution >= 0.6 is 20.4 Å². The topological polar surface area (TPSA) is 56.8 Å². The van der Waals surface area contributed by atoms with E-state index in [1.54, 1.807) is 17.8 Å². The Balaban J connectivity index is 1.60. The number of benzene rings is 2. The predicted octanol–water partition coefficient (Wildman–Crippen LogP) is 7.48. The highest BCUT2D eigenvalue weighted by molar-refractivity contribution is 7.98. The molecule has 0 bridgehead atoms. The number of rotatable bonds is 14. The van der Waals surface area contributed by atoms with Crippen molar-refractivity contribution in [2.45, 2.75) is 44.9 Å². The summed E-state index contributed by atoms with van der Waals surface area (Å²) < 4.78 is 30.6. The number of unbranched alkanes of at least 4 members (excludes halogenated alkanes) is 1. The first-order valence-corrected chi connectivity index (χ1v) is 14.6. The standard InChI is InChI=1S/C28H35FNO4PS/c1-5-32-35(33-6-2)34-16-8-7-15-30-28(31)19-26-20(3)25(24-14-11-22(29)18-27(24)26)17-21-9-12-23(36-4)13-10-21/h9-14,17-18H,5-8,15-16,19H2,1-4H3,(H,30,31)/b25-17-. The van der Waals surface area contributed by atoms with E-state index in [-0.39, 0.29) is 18.1 Å². The van der Waals surface area contributed by atoms with E-state index in [1.165, 1.54) is 17.0 Å². The molecule has 0 heterocycles. The maximum Gasteiger partial charge on any atom is 0.332 e. The lowest BCUT2D eigenvalue weighted by Gasteiger charge is -2.14. The van der Waals surface area contributed by atoms with Gasteiger partial charge in [-0.05, 0) is 104 Å². The number of fused-ring (bicyclic) bond motifs is 1. The number of hydrogen-bond donors (Lipinski definition) is 1. The Bertz CT molecular complexity index is 1080. The molecule has 194 valence electrons. The van der Waals surface area contributed by atoms with Crippen molar-refractivity contribution >= 4 is 43.5 Å². The van der Waals surface area contributed by atoms with E-state index in [9.17, 15) is 9.18 Å². The molecule has 0 saturated carbocycles. The van der Waals surface area contributed by atoms with E-state index in [2.05, 4.69) is 35.7 Å². The van der Waals surface area contributed by atoms with Crippen LogP contribution in [0.3, 0.4) is 0 Å². The van der Waals surface area contributed by atoms with Crippen molar-refractivity contribution in [2.75, 3.05) is 32.6 Å². The van der Waals surface area contributed by atoms with Crippen LogP contribution in [0.4, 0.5) is 4.39 Å². The van der Waals surface area contributed by atoms with Gasteiger partial charge in [0.25, 0.3) is 0 Å². The van der Waals surface area contributed by atoms with Crippen LogP contribution in [0, 0.1) is 5.82 Å². The number of allylic oxidation sites excluding steroid dienone is 2. The third-order valence-corrected chi connectivity index (χ3v) is 7.85. The highest BCUT2D eigenvalue weighted by Crippen LogP contribution is 2.44. The lowest BCUT2D eigenvalue weighted by atomic mass is 10.0. The molecule has 2 aromatic carbocycles. The van der Waals surface area contributed by atoms with Crippen molar-refractivity contribution in [3.8, 4) is 0 Å². The molecule has 3 rings (SSSR count). The minimum atomic E-state index is -1.29. The van der Waals surface area contributed by atoms with Crippen molar-refractivity contribution in [1.29, 1.82) is 0 Å². The molecule has 2 aromatic rings. The van der Waals surface area contributed by atoms with E-state index in [1.807, 2.05) is 27.0 Å². The highest BCUT2D eigenvalue weighted by atomic mass is 32.2. The molecule has 5 nitrogen and oxygen atoms in total. The van der Waals surface area contributed by atoms with Crippen LogP contribution < -0.4 is 5.32 Å². The third-order valence-electron chi connectivity index (χ3n) is 5.78. The summed E-state index contributed by atoms with van der Waals surface area (Å²) in [5.74, 6) is -0.374. The second-order valence-corrected chi connectivity index (χ2v) is 10.4. The molecule has 0 aromatic heterocycles. The van der Waals surface area contributed by atoms with E-state index in [0.29, 0.717) is 26.4 Å². The number of thioether (sulfide) groups is 1. The van der Waals surface area contributed by atoms with Crippen LogP contribution in [0.1, 0.15) is 56.7 Å². The van der Waals surface area contributed by atoms with Gasteiger partial charge in [-0.15, -0.1) is 11.8 Å². The Morgan fingerprint density at radius 3 is 2.42 bits per heavy atom. The largest absolute Gasteiger partial charge is 0.356 e. The summed E-state index contributed by atoms with van der Waals surface area (Å²) in [6, 6.07) is 13.2. The molecule has 0 saturated heterocycles. The maximum atomic E-state index is 14.1. The Morgan fingerprint density at radius 1 is 1.03 bits per heavy atom. The van der Waals surface area contributed by atoms with Crippen molar-refractivity contribution in [3.05, 3.63) is 70.5 Å². The second-order valence-electron chi connectivity index (χ2n) is 8.25. The molecule has 1 amide bonds. The van der Waals surface area contributed by atoms with Gasteiger partial charge in [-0.2, -0.15) is 0 Å². The molecule has 1 aliphatic rings. The first-order chi connectivity index (χ1) is 17.5. The summed E-state index contributed by atoms with van der Waals surface area (Å²) >= 11 is 1.70. The zero-order chi connectivity index (χ0) is 25.9. The molecular formula is C28H35FNO4PS. The molecule has 8 heteroatoms. The van der Waals surface area contributed by atoms with Gasteiger partial charge in [0, 0.05) is 11.4 Å². The Hall–Kier alpha value is -2.02. The molecule has 0 atom stereocenters. The lowest BCUT2D eigenvalue weighted by molar-refractivity contribution is -0.120. The van der Waals surface area contributed by atoms with Gasteiger partial charge in [0.2, 0.25) is 5.91 Å². The molecule has 36 heavy (non-hydrogen) atoms. The Labute approximate surface area is 219 Å². The smallest absolute Gasteiger partial charge is 0.332 e. The predicted molar refractivity (Wildman–Crippen MR) is 148 cm³/mol. The fraction of sp³-hybridized carbons (Fsp3) is 0.393. The van der Waals surface area contributed by atoms with Crippen LogP contribution in [0.15, 0.2) is 52.9 Å². The quantitative estimate of drug-likeness (QED) is 0.156. The summed E-state index contributed by atoms with van der Waals surface area (Å²) in [6.45, 7) is 7.98. The van der Waals surface area contributed by atoms with E-state index in [4.69, 9.17) is 13.6 Å². The number of carbonyl (C=O) groups excluding carboxylic acids is 1. The summed E-state index contributed by atoms with van der Waals surface area (Å²) in [7, 11) is -1.29. The average Bonchev–Trinajstić information content (AvgIpc) is 3.11. The highest BCUT2D eigenvalue weighted by Gasteiger charge is 2.25. The van der Waals surface area contributed by atoms with Gasteiger partial charge in [0.15, 0.2) is 0 Å². The van der Waals surface area contributed by atoms with Crippen molar-refractivity contribution in [3.63, 3.8) is 0 Å². The normalized spacial score (nSPS) is 14.1. The molecular weight excluding hydrogens is 496 g/mol. The van der Waals surface area contributed by atoms with Gasteiger partial charge >= 0.3 is 8.60 Å². The van der Waals surface area contributed by atoms with Crippen molar-refractivity contribution < 1.29 is 22.8 Å². The average molecular weight is 532 g/mol. The van der Waals surface area contributed by atoms with Gasteiger partial charge in [-0.25, -0.2) is 4.39 Å². The van der Waals surface area contributed by atoms with Crippen LogP contribution in [0.5, 0.6) is 0 Å². The number of nitrogens with one attached hydrogen (secondary N) is 1. The zero-order valence-electron chi connectivity index (χ0n) is 21.4. The van der Waals surface area contributed by atoms with Crippen LogP contribution in [-0.4, -0.2) is 38.5 Å². The monoisotopic (exact) mass is 531 g/mol.